The fourth-order valence-electron chi connectivity index (χ4n) is 2.77. The molecule has 19 heavy (non-hydrogen) atoms. The van der Waals surface area contributed by atoms with Crippen LogP contribution < -0.4 is 5.32 Å². The molecule has 1 saturated carbocycles. The van der Waals surface area contributed by atoms with Gasteiger partial charge in [-0.2, -0.15) is 0 Å². The number of aromatic nitrogens is 3. The first-order valence-electron chi connectivity index (χ1n) is 6.90. The molecule has 3 rings (SSSR count). The molecule has 0 spiro atoms. The highest BCUT2D eigenvalue weighted by Crippen LogP contribution is 2.26. The van der Waals surface area contributed by atoms with Crippen molar-refractivity contribution in [2.75, 3.05) is 5.32 Å². The Balaban J connectivity index is 1.61. The molecular weight excluding hydrogens is 240 g/mol. The van der Waals surface area contributed by atoms with Crippen LogP contribution >= 0.6 is 0 Å². The molecule has 0 aliphatic heterocycles. The third-order valence-corrected chi connectivity index (χ3v) is 3.77. The van der Waals surface area contributed by atoms with Gasteiger partial charge in [-0.05, 0) is 30.9 Å². The van der Waals surface area contributed by atoms with Crippen LogP contribution in [0.25, 0.3) is 5.65 Å². The first-order valence-corrected chi connectivity index (χ1v) is 6.90. The van der Waals surface area contributed by atoms with Crippen LogP contribution in [0, 0.1) is 5.92 Å². The van der Waals surface area contributed by atoms with E-state index in [1.165, 1.54) is 32.1 Å². The summed E-state index contributed by atoms with van der Waals surface area (Å²) in [4.78, 5) is 12.0. The summed E-state index contributed by atoms with van der Waals surface area (Å²) in [6.45, 7) is 0. The average molecular weight is 258 g/mol. The van der Waals surface area contributed by atoms with Crippen LogP contribution in [-0.4, -0.2) is 20.5 Å². The van der Waals surface area contributed by atoms with E-state index in [0.29, 0.717) is 12.3 Å². The fraction of sp³-hybridized carbons (Fsp3) is 0.500. The Kier molecular flexibility index (Phi) is 3.44. The molecule has 1 aliphatic rings. The molecule has 2 heterocycles. The van der Waals surface area contributed by atoms with Crippen molar-refractivity contribution in [2.45, 2.75) is 38.5 Å². The normalized spacial score (nSPS) is 16.6. The van der Waals surface area contributed by atoms with Crippen molar-refractivity contribution in [3.63, 3.8) is 0 Å². The van der Waals surface area contributed by atoms with Gasteiger partial charge in [0, 0.05) is 12.6 Å². The number of hydrogen-bond acceptors (Lipinski definition) is 3. The van der Waals surface area contributed by atoms with Crippen molar-refractivity contribution in [3.8, 4) is 0 Å². The van der Waals surface area contributed by atoms with Crippen LogP contribution in [0.1, 0.15) is 38.5 Å². The van der Waals surface area contributed by atoms with E-state index < -0.39 is 0 Å². The highest BCUT2D eigenvalue weighted by molar-refractivity contribution is 5.90. The van der Waals surface area contributed by atoms with E-state index in [-0.39, 0.29) is 5.91 Å². The van der Waals surface area contributed by atoms with Crippen LogP contribution in [0.3, 0.4) is 0 Å². The zero-order valence-corrected chi connectivity index (χ0v) is 10.9. The zero-order chi connectivity index (χ0) is 13.1. The molecule has 0 unspecified atom stereocenters. The molecule has 1 aliphatic carbocycles. The molecule has 2 aromatic heterocycles. The van der Waals surface area contributed by atoms with E-state index in [1.54, 1.807) is 10.7 Å². The molecule has 0 bridgehead atoms. The Hall–Kier alpha value is -1.91. The molecule has 1 fully saturated rings. The molecule has 0 aromatic carbocycles. The minimum atomic E-state index is 0.110. The van der Waals surface area contributed by atoms with Crippen molar-refractivity contribution >= 4 is 17.2 Å². The van der Waals surface area contributed by atoms with E-state index >= 15 is 0 Å². The van der Waals surface area contributed by atoms with Gasteiger partial charge in [-0.1, -0.05) is 19.3 Å². The summed E-state index contributed by atoms with van der Waals surface area (Å²) in [5.74, 6) is 0.673. The summed E-state index contributed by atoms with van der Waals surface area (Å²) < 4.78 is 1.80. The van der Waals surface area contributed by atoms with Crippen LogP contribution in [0.4, 0.5) is 5.69 Å². The number of nitrogens with zero attached hydrogens (tertiary/aromatic N) is 3. The van der Waals surface area contributed by atoms with Crippen molar-refractivity contribution in [3.05, 3.63) is 24.7 Å². The Morgan fingerprint density at radius 2 is 2.16 bits per heavy atom. The Bertz CT molecular complexity index is 572. The molecule has 1 N–H and O–H groups in total. The minimum absolute atomic E-state index is 0.110. The molecule has 0 saturated heterocycles. The van der Waals surface area contributed by atoms with Gasteiger partial charge in [-0.25, -0.2) is 0 Å². The van der Waals surface area contributed by atoms with E-state index in [2.05, 4.69) is 15.5 Å². The maximum Gasteiger partial charge on any atom is 0.224 e. The van der Waals surface area contributed by atoms with Crippen molar-refractivity contribution in [2.24, 2.45) is 5.92 Å². The van der Waals surface area contributed by atoms with Gasteiger partial charge < -0.3 is 5.32 Å². The van der Waals surface area contributed by atoms with Gasteiger partial charge in [0.2, 0.25) is 5.91 Å². The highest BCUT2D eigenvalue weighted by Gasteiger charge is 2.17. The van der Waals surface area contributed by atoms with E-state index in [9.17, 15) is 4.79 Å². The number of rotatable bonds is 3. The highest BCUT2D eigenvalue weighted by atomic mass is 16.1. The van der Waals surface area contributed by atoms with Gasteiger partial charge in [0.1, 0.15) is 6.33 Å². The van der Waals surface area contributed by atoms with Gasteiger partial charge in [-0.15, -0.1) is 10.2 Å². The number of hydrogen-bond donors (Lipinski definition) is 1. The second-order valence-corrected chi connectivity index (χ2v) is 5.27. The van der Waals surface area contributed by atoms with Crippen LogP contribution in [-0.2, 0) is 4.79 Å². The lowest BCUT2D eigenvalue weighted by Crippen LogP contribution is -2.18. The Morgan fingerprint density at radius 1 is 1.32 bits per heavy atom. The molecular formula is C14H18N4O. The van der Waals surface area contributed by atoms with Gasteiger partial charge >= 0.3 is 0 Å². The predicted octanol–water partition coefficient (Wildman–Crippen LogP) is 2.64. The topological polar surface area (TPSA) is 59.3 Å². The van der Waals surface area contributed by atoms with E-state index in [1.807, 2.05) is 18.3 Å². The quantitative estimate of drug-likeness (QED) is 0.920. The van der Waals surface area contributed by atoms with Crippen molar-refractivity contribution in [1.82, 2.24) is 14.6 Å². The molecule has 5 heteroatoms. The van der Waals surface area contributed by atoms with Crippen molar-refractivity contribution in [1.29, 1.82) is 0 Å². The maximum atomic E-state index is 12.0. The van der Waals surface area contributed by atoms with Crippen LogP contribution in [0.2, 0.25) is 0 Å². The SMILES string of the molecule is O=C(CC1CCCCC1)Nc1ccc2nncn2c1. The van der Waals surface area contributed by atoms with Crippen molar-refractivity contribution < 1.29 is 4.79 Å². The monoisotopic (exact) mass is 258 g/mol. The first-order chi connectivity index (χ1) is 9.31. The fourth-order valence-corrected chi connectivity index (χ4v) is 2.77. The summed E-state index contributed by atoms with van der Waals surface area (Å²) >= 11 is 0. The van der Waals surface area contributed by atoms with Gasteiger partial charge in [-0.3, -0.25) is 9.20 Å². The van der Waals surface area contributed by atoms with Crippen LogP contribution in [0.15, 0.2) is 24.7 Å². The summed E-state index contributed by atoms with van der Waals surface area (Å²) in [6, 6.07) is 3.71. The van der Waals surface area contributed by atoms with Gasteiger partial charge in [0.15, 0.2) is 5.65 Å². The number of carbonyl (C=O) groups is 1. The second kappa shape index (κ2) is 5.38. The lowest BCUT2D eigenvalue weighted by atomic mass is 9.87. The zero-order valence-electron chi connectivity index (χ0n) is 10.9. The third-order valence-electron chi connectivity index (χ3n) is 3.77. The molecule has 2 aromatic rings. The minimum Gasteiger partial charge on any atom is -0.325 e. The summed E-state index contributed by atoms with van der Waals surface area (Å²) in [5.41, 5.74) is 1.58. The van der Waals surface area contributed by atoms with Crippen LogP contribution in [0.5, 0.6) is 0 Å². The predicted molar refractivity (Wildman–Crippen MR) is 72.8 cm³/mol. The third kappa shape index (κ3) is 2.92. The second-order valence-electron chi connectivity index (χ2n) is 5.27. The number of anilines is 1. The summed E-state index contributed by atoms with van der Waals surface area (Å²) in [6.07, 6.45) is 10.4. The lowest BCUT2D eigenvalue weighted by Gasteiger charge is -2.20. The molecule has 0 atom stereocenters. The standard InChI is InChI=1S/C14H18N4O/c19-14(8-11-4-2-1-3-5-11)16-12-6-7-13-17-15-10-18(13)9-12/h6-7,9-11H,1-5,8H2,(H,16,19). The summed E-state index contributed by atoms with van der Waals surface area (Å²) in [5, 5.41) is 10.7. The molecule has 5 nitrogen and oxygen atoms in total. The maximum absolute atomic E-state index is 12.0. The average Bonchev–Trinajstić information content (AvgIpc) is 2.87. The number of carbonyl (C=O) groups excluding carboxylic acids is 1. The van der Waals surface area contributed by atoms with Gasteiger partial charge in [0.25, 0.3) is 0 Å². The first kappa shape index (κ1) is 12.1. The Morgan fingerprint density at radius 3 is 3.00 bits per heavy atom. The number of amides is 1. The van der Waals surface area contributed by atoms with E-state index in [0.717, 1.165) is 11.3 Å². The lowest BCUT2D eigenvalue weighted by molar-refractivity contribution is -0.117. The smallest absolute Gasteiger partial charge is 0.224 e. The van der Waals surface area contributed by atoms with Gasteiger partial charge in [0.05, 0.1) is 5.69 Å². The summed E-state index contributed by atoms with van der Waals surface area (Å²) in [7, 11) is 0. The number of fused-ring (bicyclic) bond motifs is 1. The largest absolute Gasteiger partial charge is 0.325 e. The molecule has 100 valence electrons. The number of nitrogens with one attached hydrogen (secondary N) is 1. The molecule has 1 amide bonds. The molecule has 0 radical (unpaired) electrons. The Labute approximate surface area is 112 Å². The van der Waals surface area contributed by atoms with E-state index in [4.69, 9.17) is 0 Å². The number of pyridine rings is 1.